The predicted molar refractivity (Wildman–Crippen MR) is 130 cm³/mol. The Morgan fingerprint density at radius 2 is 1.91 bits per heavy atom. The van der Waals surface area contributed by atoms with E-state index >= 15 is 0 Å². The minimum Gasteiger partial charge on any atom is -0.490 e. The number of carbonyl (C=O) groups excluding carboxylic acids is 2. The van der Waals surface area contributed by atoms with Crippen LogP contribution in [-0.2, 0) is 19.1 Å². The number of nitrogens with zero attached hydrogens (tertiary/aromatic N) is 1. The highest BCUT2D eigenvalue weighted by Gasteiger charge is 2.26. The molecule has 168 valence electrons. The molecule has 1 aliphatic heterocycles. The lowest BCUT2D eigenvalue weighted by molar-refractivity contribution is -0.145. The van der Waals surface area contributed by atoms with E-state index in [0.717, 1.165) is 3.57 Å². The molecule has 32 heavy (non-hydrogen) atoms. The van der Waals surface area contributed by atoms with E-state index in [-0.39, 0.29) is 35.6 Å². The van der Waals surface area contributed by atoms with Crippen LogP contribution in [0.2, 0.25) is 10.0 Å². The fourth-order valence-electron chi connectivity index (χ4n) is 2.75. The van der Waals surface area contributed by atoms with Gasteiger partial charge in [0.2, 0.25) is 5.90 Å². The number of rotatable bonds is 8. The second-order valence-corrected chi connectivity index (χ2v) is 8.38. The van der Waals surface area contributed by atoms with Gasteiger partial charge < -0.3 is 18.9 Å². The standard InChI is InChI=1S/C22H18Cl2INO6/c1-3-29-18-9-12(7-16(24)20(18)31-11-19(27)30-4-2)8-17-22(28)32-21(26-17)14-10-13(25)5-6-15(14)23/h5-10H,3-4,11H2,1-2H3/b17-8-. The van der Waals surface area contributed by atoms with Crippen molar-refractivity contribution in [3.8, 4) is 11.5 Å². The summed E-state index contributed by atoms with van der Waals surface area (Å²) in [6, 6.07) is 8.51. The third-order valence-electron chi connectivity index (χ3n) is 4.05. The lowest BCUT2D eigenvalue weighted by Crippen LogP contribution is -2.15. The Hall–Kier alpha value is -2.30. The lowest BCUT2D eigenvalue weighted by Gasteiger charge is -2.14. The van der Waals surface area contributed by atoms with Crippen molar-refractivity contribution < 1.29 is 28.5 Å². The number of hydrogen-bond donors (Lipinski definition) is 0. The number of benzene rings is 2. The fourth-order valence-corrected chi connectivity index (χ4v) is 3.71. The number of cyclic esters (lactones) is 1. The molecule has 10 heteroatoms. The van der Waals surface area contributed by atoms with Crippen LogP contribution in [0.1, 0.15) is 25.0 Å². The second-order valence-electron chi connectivity index (χ2n) is 6.32. The van der Waals surface area contributed by atoms with Crippen molar-refractivity contribution in [2.24, 2.45) is 4.99 Å². The molecule has 0 aliphatic carbocycles. The minimum absolute atomic E-state index is 0.0774. The normalized spacial score (nSPS) is 14.2. The number of hydrogen-bond acceptors (Lipinski definition) is 7. The third kappa shape index (κ3) is 5.93. The second kappa shape index (κ2) is 11.0. The van der Waals surface area contributed by atoms with Gasteiger partial charge >= 0.3 is 11.9 Å². The van der Waals surface area contributed by atoms with Gasteiger partial charge in [-0.15, -0.1) is 0 Å². The summed E-state index contributed by atoms with van der Waals surface area (Å²) in [4.78, 5) is 28.3. The van der Waals surface area contributed by atoms with Gasteiger partial charge in [-0.05, 0) is 78.4 Å². The Morgan fingerprint density at radius 3 is 2.62 bits per heavy atom. The molecule has 7 nitrogen and oxygen atoms in total. The van der Waals surface area contributed by atoms with E-state index in [9.17, 15) is 9.59 Å². The number of carbonyl (C=O) groups is 2. The van der Waals surface area contributed by atoms with E-state index in [2.05, 4.69) is 27.6 Å². The van der Waals surface area contributed by atoms with Gasteiger partial charge in [-0.3, -0.25) is 0 Å². The molecule has 0 spiro atoms. The highest BCUT2D eigenvalue weighted by Crippen LogP contribution is 2.37. The molecule has 0 radical (unpaired) electrons. The monoisotopic (exact) mass is 589 g/mol. The van der Waals surface area contributed by atoms with Crippen LogP contribution in [0, 0.1) is 3.57 Å². The van der Waals surface area contributed by atoms with E-state index in [4.69, 9.17) is 42.1 Å². The van der Waals surface area contributed by atoms with Crippen LogP contribution >= 0.6 is 45.8 Å². The van der Waals surface area contributed by atoms with Crippen LogP contribution in [0.15, 0.2) is 41.0 Å². The molecule has 0 N–H and O–H groups in total. The van der Waals surface area contributed by atoms with Gasteiger partial charge in [-0.2, -0.15) is 0 Å². The molecular formula is C22H18Cl2INO6. The molecule has 0 atom stereocenters. The quantitative estimate of drug-likeness (QED) is 0.237. The molecule has 0 bridgehead atoms. The summed E-state index contributed by atoms with van der Waals surface area (Å²) in [5.74, 6) is -0.510. The van der Waals surface area contributed by atoms with Crippen LogP contribution < -0.4 is 9.47 Å². The van der Waals surface area contributed by atoms with Gasteiger partial charge in [-0.1, -0.05) is 23.2 Å². The van der Waals surface area contributed by atoms with E-state index in [0.29, 0.717) is 28.5 Å². The summed E-state index contributed by atoms with van der Waals surface area (Å²) < 4.78 is 22.2. The van der Waals surface area contributed by atoms with Crippen LogP contribution in [0.5, 0.6) is 11.5 Å². The Bertz CT molecular complexity index is 1120. The zero-order valence-corrected chi connectivity index (χ0v) is 20.8. The van der Waals surface area contributed by atoms with Crippen molar-refractivity contribution in [2.75, 3.05) is 19.8 Å². The van der Waals surface area contributed by atoms with E-state index in [1.165, 1.54) is 6.08 Å². The average Bonchev–Trinajstić information content (AvgIpc) is 3.09. The number of ether oxygens (including phenoxy) is 4. The highest BCUT2D eigenvalue weighted by atomic mass is 127. The SMILES string of the molecule is CCOC(=O)COc1c(Cl)cc(/C=C2\N=C(c3cc(I)ccc3Cl)OC2=O)cc1OCC. The summed E-state index contributed by atoms with van der Waals surface area (Å²) in [6.07, 6.45) is 1.51. The number of aliphatic imine (C=N–C) groups is 1. The van der Waals surface area contributed by atoms with Gasteiger partial charge in [0.25, 0.3) is 0 Å². The minimum atomic E-state index is -0.619. The van der Waals surface area contributed by atoms with Crippen molar-refractivity contribution >= 4 is 69.7 Å². The van der Waals surface area contributed by atoms with Gasteiger partial charge in [0.15, 0.2) is 23.8 Å². The average molecular weight is 590 g/mol. The van der Waals surface area contributed by atoms with Crippen molar-refractivity contribution in [1.29, 1.82) is 0 Å². The molecule has 2 aromatic carbocycles. The molecule has 1 aliphatic rings. The zero-order valence-electron chi connectivity index (χ0n) is 17.1. The first-order chi connectivity index (χ1) is 15.3. The maximum atomic E-state index is 12.4. The Morgan fingerprint density at radius 1 is 1.12 bits per heavy atom. The van der Waals surface area contributed by atoms with Crippen molar-refractivity contribution in [3.63, 3.8) is 0 Å². The van der Waals surface area contributed by atoms with E-state index < -0.39 is 11.9 Å². The first kappa shape index (κ1) is 24.3. The fraction of sp³-hybridized carbons (Fsp3) is 0.227. The molecule has 0 fully saturated rings. The molecular weight excluding hydrogens is 572 g/mol. The maximum Gasteiger partial charge on any atom is 0.363 e. The Balaban J connectivity index is 1.92. The molecule has 0 unspecified atom stereocenters. The molecule has 2 aromatic rings. The molecule has 0 aromatic heterocycles. The van der Waals surface area contributed by atoms with Crippen LogP contribution in [-0.4, -0.2) is 37.7 Å². The first-order valence-corrected chi connectivity index (χ1v) is 11.4. The van der Waals surface area contributed by atoms with Crippen molar-refractivity contribution in [1.82, 2.24) is 0 Å². The largest absolute Gasteiger partial charge is 0.490 e. The van der Waals surface area contributed by atoms with Gasteiger partial charge in [0.1, 0.15) is 0 Å². The third-order valence-corrected chi connectivity index (χ3v) is 5.34. The molecule has 0 amide bonds. The number of esters is 2. The summed E-state index contributed by atoms with van der Waals surface area (Å²) in [7, 11) is 0. The van der Waals surface area contributed by atoms with Crippen molar-refractivity contribution in [3.05, 3.63) is 60.8 Å². The van der Waals surface area contributed by atoms with Crippen molar-refractivity contribution in [2.45, 2.75) is 13.8 Å². The smallest absolute Gasteiger partial charge is 0.363 e. The van der Waals surface area contributed by atoms with Gasteiger partial charge in [0, 0.05) is 3.57 Å². The Kier molecular flexibility index (Phi) is 8.38. The van der Waals surface area contributed by atoms with E-state index in [1.807, 2.05) is 6.07 Å². The number of halogens is 3. The van der Waals surface area contributed by atoms with Gasteiger partial charge in [0.05, 0.1) is 28.8 Å². The molecule has 3 rings (SSSR count). The summed E-state index contributed by atoms with van der Waals surface area (Å²) >= 11 is 14.7. The summed E-state index contributed by atoms with van der Waals surface area (Å²) in [5, 5.41) is 0.617. The van der Waals surface area contributed by atoms with Crippen LogP contribution in [0.3, 0.4) is 0 Å². The molecule has 0 saturated heterocycles. The topological polar surface area (TPSA) is 83.4 Å². The highest BCUT2D eigenvalue weighted by molar-refractivity contribution is 14.1. The predicted octanol–water partition coefficient (Wildman–Crippen LogP) is 5.28. The Labute approximate surface area is 208 Å². The zero-order chi connectivity index (χ0) is 23.3. The van der Waals surface area contributed by atoms with Crippen LogP contribution in [0.4, 0.5) is 0 Å². The maximum absolute atomic E-state index is 12.4. The molecule has 1 heterocycles. The lowest BCUT2D eigenvalue weighted by atomic mass is 10.1. The van der Waals surface area contributed by atoms with Crippen LogP contribution in [0.25, 0.3) is 6.08 Å². The van der Waals surface area contributed by atoms with Gasteiger partial charge in [-0.25, -0.2) is 14.6 Å². The summed E-state index contributed by atoms with van der Waals surface area (Å²) in [5.41, 5.74) is 1.13. The summed E-state index contributed by atoms with van der Waals surface area (Å²) in [6.45, 7) is 3.76. The first-order valence-electron chi connectivity index (χ1n) is 9.55. The molecule has 0 saturated carbocycles. The van der Waals surface area contributed by atoms with E-state index in [1.54, 1.807) is 38.1 Å².